The Kier molecular flexibility index (Phi) is 11.7. The number of aromatic nitrogens is 1. The van der Waals surface area contributed by atoms with Crippen LogP contribution in [0.5, 0.6) is 0 Å². The number of aliphatic carboxylic acids is 2. The normalized spacial score (nSPS) is 10.9. The molecule has 0 aromatic carbocycles. The van der Waals surface area contributed by atoms with E-state index >= 15 is 0 Å². The van der Waals surface area contributed by atoms with Crippen LogP contribution in [-0.4, -0.2) is 16.9 Å². The zero-order valence-electron chi connectivity index (χ0n) is 12.2. The van der Waals surface area contributed by atoms with E-state index in [0.717, 1.165) is 0 Å². The monoisotopic (exact) mass is 293 g/mol. The molecule has 1 aromatic rings. The van der Waals surface area contributed by atoms with Gasteiger partial charge in [0.1, 0.15) is 0 Å². The van der Waals surface area contributed by atoms with Crippen molar-refractivity contribution in [2.45, 2.75) is 20.3 Å². The van der Waals surface area contributed by atoms with Crippen molar-refractivity contribution in [1.29, 1.82) is 0 Å². The Bertz CT molecular complexity index is 486. The molecular formula is C13H13NNa2O4. The molecule has 0 unspecified atom stereocenters. The van der Waals surface area contributed by atoms with E-state index in [-0.39, 0.29) is 76.7 Å². The molecule has 0 amide bonds. The second kappa shape index (κ2) is 10.5. The van der Waals surface area contributed by atoms with E-state index in [0.29, 0.717) is 5.56 Å². The van der Waals surface area contributed by atoms with Crippen molar-refractivity contribution in [1.82, 2.24) is 4.98 Å². The van der Waals surface area contributed by atoms with Gasteiger partial charge in [-0.1, -0.05) is 19.9 Å². The van der Waals surface area contributed by atoms with Crippen molar-refractivity contribution in [2.75, 3.05) is 0 Å². The molecule has 0 fully saturated rings. The molecule has 5 nitrogen and oxygen atoms in total. The van der Waals surface area contributed by atoms with E-state index in [1.54, 1.807) is 32.2 Å². The Morgan fingerprint density at radius 1 is 1.20 bits per heavy atom. The summed E-state index contributed by atoms with van der Waals surface area (Å²) < 4.78 is 0. The second-order valence-electron chi connectivity index (χ2n) is 4.16. The van der Waals surface area contributed by atoms with Crippen molar-refractivity contribution in [3.05, 3.63) is 41.2 Å². The standard InChI is InChI=1S/C13H15NO4.2Na/c1-8(2)11(13(17)18)10(12(15)16)6-9-4-3-5-14-7-9;;/h3-5,7-8H,6H2,1-2H3,(H,15,16)(H,17,18);;/q;2*+1/p-2. The molecular weight excluding hydrogens is 280 g/mol. The summed E-state index contributed by atoms with van der Waals surface area (Å²) in [4.78, 5) is 25.9. The van der Waals surface area contributed by atoms with Gasteiger partial charge >= 0.3 is 59.1 Å². The first-order valence-corrected chi connectivity index (χ1v) is 5.48. The summed E-state index contributed by atoms with van der Waals surface area (Å²) in [5.74, 6) is -3.43. The molecule has 20 heavy (non-hydrogen) atoms. The van der Waals surface area contributed by atoms with Gasteiger partial charge in [-0.25, -0.2) is 0 Å². The van der Waals surface area contributed by atoms with Gasteiger partial charge in [-0.2, -0.15) is 0 Å². The number of hydrogen-bond donors (Lipinski definition) is 0. The molecule has 1 aromatic heterocycles. The molecule has 0 N–H and O–H groups in total. The van der Waals surface area contributed by atoms with E-state index in [1.807, 2.05) is 0 Å². The van der Waals surface area contributed by atoms with Gasteiger partial charge in [-0.3, -0.25) is 4.98 Å². The number of carbonyl (C=O) groups is 2. The third-order valence-corrected chi connectivity index (χ3v) is 2.47. The number of carbonyl (C=O) groups excluding carboxylic acids is 2. The zero-order chi connectivity index (χ0) is 13.7. The van der Waals surface area contributed by atoms with Crippen LogP contribution in [0.3, 0.4) is 0 Å². The molecule has 1 rings (SSSR count). The summed E-state index contributed by atoms with van der Waals surface area (Å²) in [6, 6.07) is 3.32. The molecule has 0 spiro atoms. The smallest absolute Gasteiger partial charge is 0.545 e. The van der Waals surface area contributed by atoms with Gasteiger partial charge in [-0.15, -0.1) is 0 Å². The number of hydrogen-bond acceptors (Lipinski definition) is 5. The van der Waals surface area contributed by atoms with Crippen molar-refractivity contribution >= 4 is 11.9 Å². The molecule has 0 aliphatic heterocycles. The van der Waals surface area contributed by atoms with Crippen LogP contribution in [0.15, 0.2) is 35.7 Å². The summed E-state index contributed by atoms with van der Waals surface area (Å²) in [7, 11) is 0. The van der Waals surface area contributed by atoms with E-state index in [4.69, 9.17) is 0 Å². The van der Waals surface area contributed by atoms with Crippen molar-refractivity contribution < 1.29 is 78.9 Å². The van der Waals surface area contributed by atoms with E-state index in [9.17, 15) is 19.8 Å². The molecule has 0 bridgehead atoms. The van der Waals surface area contributed by atoms with Crippen LogP contribution < -0.4 is 69.3 Å². The van der Waals surface area contributed by atoms with Crippen molar-refractivity contribution in [3.63, 3.8) is 0 Å². The van der Waals surface area contributed by atoms with Crippen LogP contribution in [0, 0.1) is 5.92 Å². The SMILES string of the molecule is CC(C)C(C(=O)[O-])=C(Cc1cccnc1)C(=O)[O-].[Na+].[Na+]. The summed E-state index contributed by atoms with van der Waals surface area (Å²) in [5, 5.41) is 22.1. The number of pyridine rings is 1. The number of carboxylic acid groups (broad SMARTS) is 2. The zero-order valence-corrected chi connectivity index (χ0v) is 16.2. The van der Waals surface area contributed by atoms with Crippen LogP contribution in [0.1, 0.15) is 19.4 Å². The van der Waals surface area contributed by atoms with E-state index in [1.165, 1.54) is 6.20 Å². The molecule has 1 heterocycles. The van der Waals surface area contributed by atoms with Crippen LogP contribution in [0.25, 0.3) is 0 Å². The van der Waals surface area contributed by atoms with Gasteiger partial charge in [0, 0.05) is 18.8 Å². The summed E-state index contributed by atoms with van der Waals surface area (Å²) in [5.41, 5.74) is 0.105. The first kappa shape index (κ1) is 22.1. The average molecular weight is 293 g/mol. The molecule has 0 aliphatic carbocycles. The first-order valence-electron chi connectivity index (χ1n) is 5.48. The molecule has 0 aliphatic rings. The van der Waals surface area contributed by atoms with Crippen molar-refractivity contribution in [2.24, 2.45) is 5.92 Å². The van der Waals surface area contributed by atoms with E-state index < -0.39 is 17.9 Å². The molecule has 96 valence electrons. The Hall–Kier alpha value is -0.170. The van der Waals surface area contributed by atoms with Gasteiger partial charge < -0.3 is 19.8 Å². The van der Waals surface area contributed by atoms with Crippen LogP contribution in [0.2, 0.25) is 0 Å². The second-order valence-corrected chi connectivity index (χ2v) is 4.16. The minimum absolute atomic E-state index is 0. The molecule has 0 atom stereocenters. The quantitative estimate of drug-likeness (QED) is 0.397. The average Bonchev–Trinajstić information content (AvgIpc) is 2.28. The number of carboxylic acids is 2. The Morgan fingerprint density at radius 3 is 2.15 bits per heavy atom. The fourth-order valence-electron chi connectivity index (χ4n) is 1.69. The summed E-state index contributed by atoms with van der Waals surface area (Å²) >= 11 is 0. The maximum atomic E-state index is 11.1. The molecule has 0 radical (unpaired) electrons. The van der Waals surface area contributed by atoms with Crippen LogP contribution in [-0.2, 0) is 16.0 Å². The van der Waals surface area contributed by atoms with Crippen molar-refractivity contribution in [3.8, 4) is 0 Å². The van der Waals surface area contributed by atoms with Gasteiger partial charge in [0.15, 0.2) is 0 Å². The molecule has 7 heteroatoms. The Morgan fingerprint density at radius 2 is 1.80 bits per heavy atom. The van der Waals surface area contributed by atoms with Gasteiger partial charge in [0.2, 0.25) is 0 Å². The number of nitrogens with zero attached hydrogens (tertiary/aromatic N) is 1. The van der Waals surface area contributed by atoms with Gasteiger partial charge in [-0.05, 0) is 28.7 Å². The topological polar surface area (TPSA) is 93.2 Å². The largest absolute Gasteiger partial charge is 1.00 e. The van der Waals surface area contributed by atoms with Crippen LogP contribution >= 0.6 is 0 Å². The van der Waals surface area contributed by atoms with Gasteiger partial charge in [0.25, 0.3) is 0 Å². The maximum Gasteiger partial charge on any atom is 1.00 e. The first-order chi connectivity index (χ1) is 8.43. The third-order valence-electron chi connectivity index (χ3n) is 2.47. The Labute approximate surface area is 162 Å². The van der Waals surface area contributed by atoms with Gasteiger partial charge in [0.05, 0.1) is 11.9 Å². The maximum absolute atomic E-state index is 11.1. The fourth-order valence-corrected chi connectivity index (χ4v) is 1.69. The predicted molar refractivity (Wildman–Crippen MR) is 59.8 cm³/mol. The number of rotatable bonds is 5. The molecule has 0 saturated carbocycles. The fraction of sp³-hybridized carbons (Fsp3) is 0.308. The molecule has 0 saturated heterocycles. The minimum Gasteiger partial charge on any atom is -0.545 e. The summed E-state index contributed by atoms with van der Waals surface area (Å²) in [6.45, 7) is 3.19. The van der Waals surface area contributed by atoms with E-state index in [2.05, 4.69) is 4.98 Å². The third kappa shape index (κ3) is 6.52. The minimum atomic E-state index is -1.49. The van der Waals surface area contributed by atoms with Crippen LogP contribution in [0.4, 0.5) is 0 Å². The Balaban J connectivity index is 0. The predicted octanol–water partition coefficient (Wildman–Crippen LogP) is -6.92. The summed E-state index contributed by atoms with van der Waals surface area (Å²) in [6.07, 6.45) is 2.99.